The predicted molar refractivity (Wildman–Crippen MR) is 65.9 cm³/mol. The summed E-state index contributed by atoms with van der Waals surface area (Å²) in [5.41, 5.74) is 7.21. The number of nitrogens with two attached hydrogens (primary N) is 1. The van der Waals surface area contributed by atoms with Gasteiger partial charge in [0.1, 0.15) is 0 Å². The number of aromatic nitrogens is 1. The summed E-state index contributed by atoms with van der Waals surface area (Å²) in [6.45, 7) is 2.02. The molecular formula is C13H21N3. The van der Waals surface area contributed by atoms with Crippen molar-refractivity contribution in [2.24, 2.45) is 11.7 Å². The van der Waals surface area contributed by atoms with Gasteiger partial charge >= 0.3 is 0 Å². The third-order valence-corrected chi connectivity index (χ3v) is 3.42. The van der Waals surface area contributed by atoms with Gasteiger partial charge in [0.05, 0.1) is 5.69 Å². The van der Waals surface area contributed by atoms with Crippen LogP contribution in [0.15, 0.2) is 24.4 Å². The smallest absolute Gasteiger partial charge is 0.0543 e. The van der Waals surface area contributed by atoms with Crippen molar-refractivity contribution in [3.63, 3.8) is 0 Å². The number of rotatable bonds is 4. The highest BCUT2D eigenvalue weighted by Crippen LogP contribution is 2.24. The molecule has 3 nitrogen and oxygen atoms in total. The fourth-order valence-corrected chi connectivity index (χ4v) is 2.53. The quantitative estimate of drug-likeness (QED) is 0.837. The lowest BCUT2D eigenvalue weighted by atomic mass is 10.0. The van der Waals surface area contributed by atoms with Crippen LogP contribution < -0.4 is 5.73 Å². The Morgan fingerprint density at radius 3 is 2.94 bits per heavy atom. The van der Waals surface area contributed by atoms with Crippen molar-refractivity contribution in [3.8, 4) is 0 Å². The van der Waals surface area contributed by atoms with Crippen LogP contribution in [0.25, 0.3) is 0 Å². The Hall–Kier alpha value is -0.930. The lowest BCUT2D eigenvalue weighted by molar-refractivity contribution is 0.256. The first-order valence-electron chi connectivity index (χ1n) is 6.10. The van der Waals surface area contributed by atoms with Gasteiger partial charge in [-0.2, -0.15) is 0 Å². The summed E-state index contributed by atoms with van der Waals surface area (Å²) in [5, 5.41) is 0. The number of pyridine rings is 1. The summed E-state index contributed by atoms with van der Waals surface area (Å²) in [5.74, 6) is 0.675. The Morgan fingerprint density at radius 1 is 1.44 bits per heavy atom. The molecule has 0 aromatic carbocycles. The van der Waals surface area contributed by atoms with Crippen LogP contribution in [0.1, 0.15) is 25.0 Å². The molecular weight excluding hydrogens is 198 g/mol. The molecule has 1 aliphatic carbocycles. The summed E-state index contributed by atoms with van der Waals surface area (Å²) in [7, 11) is 2.15. The van der Waals surface area contributed by atoms with Crippen LogP contribution in [-0.4, -0.2) is 29.5 Å². The highest BCUT2D eigenvalue weighted by Gasteiger charge is 2.24. The highest BCUT2D eigenvalue weighted by atomic mass is 15.1. The summed E-state index contributed by atoms with van der Waals surface area (Å²) >= 11 is 0. The molecule has 1 fully saturated rings. The van der Waals surface area contributed by atoms with Gasteiger partial charge < -0.3 is 10.6 Å². The second-order valence-electron chi connectivity index (χ2n) is 4.87. The molecule has 2 N–H and O–H groups in total. The van der Waals surface area contributed by atoms with Crippen LogP contribution >= 0.6 is 0 Å². The second-order valence-corrected chi connectivity index (χ2v) is 4.87. The molecule has 1 saturated carbocycles. The number of hydrogen-bond acceptors (Lipinski definition) is 3. The highest BCUT2D eigenvalue weighted by molar-refractivity contribution is 5.03. The first-order valence-corrected chi connectivity index (χ1v) is 6.10. The number of nitrogens with zero attached hydrogens (tertiary/aromatic N) is 2. The standard InChI is InChI=1S/C13H21N3/c1-16(9-11-5-4-7-13(11)14)10-12-6-2-3-8-15-12/h2-3,6,8,11,13H,4-5,7,9-10,14H2,1H3. The zero-order valence-corrected chi connectivity index (χ0v) is 9.97. The summed E-state index contributed by atoms with van der Waals surface area (Å²) in [4.78, 5) is 6.67. The van der Waals surface area contributed by atoms with Gasteiger partial charge in [0.25, 0.3) is 0 Å². The molecule has 2 unspecified atom stereocenters. The zero-order valence-electron chi connectivity index (χ0n) is 9.97. The molecule has 1 aliphatic rings. The van der Waals surface area contributed by atoms with Gasteiger partial charge in [-0.3, -0.25) is 4.98 Å². The maximum absolute atomic E-state index is 6.08. The van der Waals surface area contributed by atoms with Crippen molar-refractivity contribution in [3.05, 3.63) is 30.1 Å². The second kappa shape index (κ2) is 5.41. The van der Waals surface area contributed by atoms with Gasteiger partial charge in [-0.25, -0.2) is 0 Å². The average Bonchev–Trinajstić information content (AvgIpc) is 2.66. The molecule has 2 rings (SSSR count). The minimum absolute atomic E-state index is 0.409. The van der Waals surface area contributed by atoms with E-state index >= 15 is 0 Å². The number of hydrogen-bond donors (Lipinski definition) is 1. The Morgan fingerprint density at radius 2 is 2.31 bits per heavy atom. The Labute approximate surface area is 97.7 Å². The molecule has 0 aliphatic heterocycles. The van der Waals surface area contributed by atoms with E-state index in [1.807, 2.05) is 18.3 Å². The summed E-state index contributed by atoms with van der Waals surface area (Å²) in [6, 6.07) is 6.48. The third kappa shape index (κ3) is 3.03. The van der Waals surface area contributed by atoms with E-state index in [0.29, 0.717) is 12.0 Å². The molecule has 88 valence electrons. The van der Waals surface area contributed by atoms with Gasteiger partial charge in [0, 0.05) is 25.3 Å². The Kier molecular flexibility index (Phi) is 3.91. The molecule has 1 heterocycles. The van der Waals surface area contributed by atoms with Crippen LogP contribution in [0.4, 0.5) is 0 Å². The van der Waals surface area contributed by atoms with E-state index in [2.05, 4.69) is 23.0 Å². The van der Waals surface area contributed by atoms with Crippen LogP contribution in [0.3, 0.4) is 0 Å². The lowest BCUT2D eigenvalue weighted by Crippen LogP contribution is -2.34. The van der Waals surface area contributed by atoms with E-state index in [0.717, 1.165) is 18.8 Å². The van der Waals surface area contributed by atoms with Crippen LogP contribution in [0.2, 0.25) is 0 Å². The molecule has 2 atom stereocenters. The molecule has 0 amide bonds. The normalized spacial score (nSPS) is 25.2. The van der Waals surface area contributed by atoms with Gasteiger partial charge in [0.2, 0.25) is 0 Å². The van der Waals surface area contributed by atoms with E-state index in [1.54, 1.807) is 0 Å². The molecule has 0 spiro atoms. The topological polar surface area (TPSA) is 42.2 Å². The maximum atomic E-state index is 6.08. The van der Waals surface area contributed by atoms with E-state index < -0.39 is 0 Å². The predicted octanol–water partition coefficient (Wildman–Crippen LogP) is 1.64. The molecule has 3 heteroatoms. The van der Waals surface area contributed by atoms with Gasteiger partial charge in [-0.15, -0.1) is 0 Å². The van der Waals surface area contributed by atoms with Crippen LogP contribution in [0.5, 0.6) is 0 Å². The Bertz CT molecular complexity index is 312. The molecule has 16 heavy (non-hydrogen) atoms. The monoisotopic (exact) mass is 219 g/mol. The minimum Gasteiger partial charge on any atom is -0.327 e. The third-order valence-electron chi connectivity index (χ3n) is 3.42. The van der Waals surface area contributed by atoms with Crippen LogP contribution in [0, 0.1) is 5.92 Å². The van der Waals surface area contributed by atoms with Crippen LogP contribution in [-0.2, 0) is 6.54 Å². The minimum atomic E-state index is 0.409. The molecule has 0 bridgehead atoms. The van der Waals surface area contributed by atoms with Gasteiger partial charge in [-0.1, -0.05) is 12.5 Å². The van der Waals surface area contributed by atoms with E-state index in [1.165, 1.54) is 19.3 Å². The maximum Gasteiger partial charge on any atom is 0.0543 e. The van der Waals surface area contributed by atoms with Crippen molar-refractivity contribution in [1.29, 1.82) is 0 Å². The van der Waals surface area contributed by atoms with Crippen molar-refractivity contribution in [2.45, 2.75) is 31.8 Å². The fraction of sp³-hybridized carbons (Fsp3) is 0.615. The first-order chi connectivity index (χ1) is 7.75. The lowest BCUT2D eigenvalue weighted by Gasteiger charge is -2.23. The molecule has 0 radical (unpaired) electrons. The van der Waals surface area contributed by atoms with Gasteiger partial charge in [0.15, 0.2) is 0 Å². The summed E-state index contributed by atoms with van der Waals surface area (Å²) < 4.78 is 0. The zero-order chi connectivity index (χ0) is 11.4. The van der Waals surface area contributed by atoms with Crippen molar-refractivity contribution in [1.82, 2.24) is 9.88 Å². The van der Waals surface area contributed by atoms with Crippen molar-refractivity contribution >= 4 is 0 Å². The summed E-state index contributed by atoms with van der Waals surface area (Å²) in [6.07, 6.45) is 5.63. The SMILES string of the molecule is CN(Cc1ccccn1)CC1CCCC1N. The Balaban J connectivity index is 1.82. The average molecular weight is 219 g/mol. The fourth-order valence-electron chi connectivity index (χ4n) is 2.53. The largest absolute Gasteiger partial charge is 0.327 e. The first kappa shape index (κ1) is 11.6. The van der Waals surface area contributed by atoms with E-state index in [4.69, 9.17) is 5.73 Å². The molecule has 1 aromatic rings. The van der Waals surface area contributed by atoms with E-state index in [-0.39, 0.29) is 0 Å². The van der Waals surface area contributed by atoms with Crippen molar-refractivity contribution < 1.29 is 0 Å². The van der Waals surface area contributed by atoms with E-state index in [9.17, 15) is 0 Å². The van der Waals surface area contributed by atoms with Crippen molar-refractivity contribution in [2.75, 3.05) is 13.6 Å². The molecule has 0 saturated heterocycles. The molecule has 1 aromatic heterocycles. The van der Waals surface area contributed by atoms with Gasteiger partial charge in [-0.05, 0) is 37.9 Å².